The van der Waals surface area contributed by atoms with E-state index in [-0.39, 0.29) is 5.56 Å². The number of aromatic hydroxyl groups is 1. The quantitative estimate of drug-likeness (QED) is 0.760. The highest BCUT2D eigenvalue weighted by atomic mass is 79.9. The molecule has 0 saturated heterocycles. The van der Waals surface area contributed by atoms with E-state index in [1.165, 1.54) is 0 Å². The van der Waals surface area contributed by atoms with E-state index < -0.39 is 33.7 Å². The molecule has 0 saturated carbocycles. The van der Waals surface area contributed by atoms with Crippen molar-refractivity contribution in [3.8, 4) is 5.75 Å². The van der Waals surface area contributed by atoms with Gasteiger partial charge in [-0.3, -0.25) is 0 Å². The molecule has 0 fully saturated rings. The third kappa shape index (κ3) is 2.31. The molecule has 1 nitrogen and oxygen atoms in total. The number of phenolic OH excluding ortho intramolecular Hbond substituents is 1. The lowest BCUT2D eigenvalue weighted by molar-refractivity contribution is -0.138. The van der Waals surface area contributed by atoms with Gasteiger partial charge in [0, 0.05) is 5.56 Å². The van der Waals surface area contributed by atoms with Gasteiger partial charge in [-0.25, -0.2) is 4.39 Å². The van der Waals surface area contributed by atoms with E-state index in [9.17, 15) is 22.7 Å². The number of benzene rings is 1. The van der Waals surface area contributed by atoms with E-state index in [0.717, 1.165) is 6.07 Å². The van der Waals surface area contributed by atoms with Crippen LogP contribution in [0.1, 0.15) is 30.9 Å². The number of phenols is 1. The van der Waals surface area contributed by atoms with Crippen LogP contribution >= 0.6 is 15.9 Å². The first-order valence-electron chi connectivity index (χ1n) is 4.44. The summed E-state index contributed by atoms with van der Waals surface area (Å²) in [6.07, 6.45) is -4.66. The maximum absolute atomic E-state index is 13.3. The maximum Gasteiger partial charge on any atom is 0.417 e. The summed E-state index contributed by atoms with van der Waals surface area (Å²) in [7, 11) is 0. The Balaban J connectivity index is 3.54. The second-order valence-electron chi connectivity index (χ2n) is 3.64. The van der Waals surface area contributed by atoms with Crippen molar-refractivity contribution in [3.05, 3.63) is 27.5 Å². The van der Waals surface area contributed by atoms with E-state index in [1.807, 2.05) is 0 Å². The Bertz CT molecular complexity index is 412. The minimum absolute atomic E-state index is 0.0620. The highest BCUT2D eigenvalue weighted by Crippen LogP contribution is 2.42. The van der Waals surface area contributed by atoms with Crippen molar-refractivity contribution >= 4 is 15.9 Å². The Morgan fingerprint density at radius 2 is 1.81 bits per heavy atom. The van der Waals surface area contributed by atoms with E-state index in [0.29, 0.717) is 0 Å². The molecule has 0 atom stereocenters. The van der Waals surface area contributed by atoms with Crippen LogP contribution in [0.25, 0.3) is 0 Å². The van der Waals surface area contributed by atoms with Crippen LogP contribution in [0.5, 0.6) is 5.75 Å². The molecule has 0 aliphatic carbocycles. The fourth-order valence-electron chi connectivity index (χ4n) is 1.28. The van der Waals surface area contributed by atoms with Gasteiger partial charge in [-0.1, -0.05) is 13.8 Å². The zero-order chi connectivity index (χ0) is 12.7. The number of hydrogen-bond acceptors (Lipinski definition) is 1. The van der Waals surface area contributed by atoms with Crippen LogP contribution in [0, 0.1) is 5.82 Å². The van der Waals surface area contributed by atoms with Gasteiger partial charge >= 0.3 is 6.18 Å². The minimum atomic E-state index is -4.66. The average molecular weight is 301 g/mol. The van der Waals surface area contributed by atoms with E-state index in [2.05, 4.69) is 15.9 Å². The van der Waals surface area contributed by atoms with Gasteiger partial charge < -0.3 is 5.11 Å². The first-order chi connectivity index (χ1) is 7.16. The fourth-order valence-corrected chi connectivity index (χ4v) is 1.81. The zero-order valence-electron chi connectivity index (χ0n) is 8.49. The van der Waals surface area contributed by atoms with Crippen LogP contribution in [-0.4, -0.2) is 5.11 Å². The van der Waals surface area contributed by atoms with Gasteiger partial charge in [-0.05, 0) is 27.9 Å². The van der Waals surface area contributed by atoms with Crippen LogP contribution in [0.15, 0.2) is 10.5 Å². The smallest absolute Gasteiger partial charge is 0.417 e. The molecule has 90 valence electrons. The summed E-state index contributed by atoms with van der Waals surface area (Å²) >= 11 is 2.50. The first-order valence-corrected chi connectivity index (χ1v) is 5.23. The molecule has 0 aliphatic heterocycles. The molecule has 1 aromatic carbocycles. The topological polar surface area (TPSA) is 20.2 Å². The predicted octanol–water partition coefficient (Wildman–Crippen LogP) is 4.44. The highest BCUT2D eigenvalue weighted by Gasteiger charge is 2.36. The summed E-state index contributed by atoms with van der Waals surface area (Å²) in [4.78, 5) is 0. The van der Waals surface area contributed by atoms with Gasteiger partial charge in [0.2, 0.25) is 0 Å². The van der Waals surface area contributed by atoms with Gasteiger partial charge in [0.05, 0.1) is 10.0 Å². The van der Waals surface area contributed by atoms with Gasteiger partial charge in [0.1, 0.15) is 0 Å². The lowest BCUT2D eigenvalue weighted by Crippen LogP contribution is -2.09. The summed E-state index contributed by atoms with van der Waals surface area (Å²) in [5.41, 5.74) is -1.18. The van der Waals surface area contributed by atoms with Crippen molar-refractivity contribution in [1.82, 2.24) is 0 Å². The molecule has 1 rings (SSSR count). The van der Waals surface area contributed by atoms with Crippen molar-refractivity contribution in [2.75, 3.05) is 0 Å². The summed E-state index contributed by atoms with van der Waals surface area (Å²) in [6.45, 7) is 3.14. The normalized spacial score (nSPS) is 12.2. The van der Waals surface area contributed by atoms with Gasteiger partial charge in [-0.15, -0.1) is 0 Å². The third-order valence-corrected chi connectivity index (χ3v) is 2.91. The Morgan fingerprint density at radius 1 is 1.31 bits per heavy atom. The highest BCUT2D eigenvalue weighted by molar-refractivity contribution is 9.10. The molecule has 0 aliphatic rings. The summed E-state index contributed by atoms with van der Waals surface area (Å²) < 4.78 is 50.2. The largest absolute Gasteiger partial charge is 0.505 e. The molecule has 0 unspecified atom stereocenters. The molecule has 0 amide bonds. The number of alkyl halides is 3. The first kappa shape index (κ1) is 13.3. The Labute approximate surface area is 98.2 Å². The molecule has 0 radical (unpaired) electrons. The Hall–Kier alpha value is -0.780. The molecule has 0 spiro atoms. The van der Waals surface area contributed by atoms with Crippen molar-refractivity contribution in [2.45, 2.75) is 25.9 Å². The maximum atomic E-state index is 13.3. The second kappa shape index (κ2) is 4.24. The summed E-state index contributed by atoms with van der Waals surface area (Å²) in [6, 6.07) is 0.757. The molecule has 1 N–H and O–H groups in total. The summed E-state index contributed by atoms with van der Waals surface area (Å²) in [5.74, 6) is -2.42. The minimum Gasteiger partial charge on any atom is -0.505 e. The van der Waals surface area contributed by atoms with E-state index in [1.54, 1.807) is 13.8 Å². The molecule has 6 heteroatoms. The predicted molar refractivity (Wildman–Crippen MR) is 54.9 cm³/mol. The standard InChI is InChI=1S/C10H9BrF4O/c1-4(2)5-3-6(10(13,14)15)7(11)8(12)9(5)16/h3-4,16H,1-2H3. The SMILES string of the molecule is CC(C)c1cc(C(F)(F)F)c(Br)c(F)c1O. The molecular formula is C10H9BrF4O. The average Bonchev–Trinajstić information content (AvgIpc) is 2.11. The number of halogens is 5. The lowest BCUT2D eigenvalue weighted by Gasteiger charge is -2.15. The van der Waals surface area contributed by atoms with Crippen molar-refractivity contribution in [3.63, 3.8) is 0 Å². The van der Waals surface area contributed by atoms with Crippen LogP contribution in [-0.2, 0) is 6.18 Å². The summed E-state index contributed by atoms with van der Waals surface area (Å²) in [5, 5.41) is 9.37. The molecule has 1 aromatic rings. The van der Waals surface area contributed by atoms with E-state index in [4.69, 9.17) is 0 Å². The van der Waals surface area contributed by atoms with Crippen molar-refractivity contribution in [2.24, 2.45) is 0 Å². The monoisotopic (exact) mass is 300 g/mol. The van der Waals surface area contributed by atoms with Crippen LogP contribution < -0.4 is 0 Å². The number of rotatable bonds is 1. The molecule has 0 aromatic heterocycles. The Morgan fingerprint density at radius 3 is 2.19 bits per heavy atom. The zero-order valence-corrected chi connectivity index (χ0v) is 10.1. The number of hydrogen-bond donors (Lipinski definition) is 1. The fraction of sp³-hybridized carbons (Fsp3) is 0.400. The molecule has 0 heterocycles. The van der Waals surface area contributed by atoms with Crippen LogP contribution in [0.3, 0.4) is 0 Å². The molecular weight excluding hydrogens is 292 g/mol. The molecule has 0 bridgehead atoms. The second-order valence-corrected chi connectivity index (χ2v) is 4.44. The van der Waals surface area contributed by atoms with Gasteiger partial charge in [0.15, 0.2) is 11.6 Å². The van der Waals surface area contributed by atoms with E-state index >= 15 is 0 Å². The van der Waals surface area contributed by atoms with Crippen molar-refractivity contribution in [1.29, 1.82) is 0 Å². The molecule has 16 heavy (non-hydrogen) atoms. The van der Waals surface area contributed by atoms with Crippen LogP contribution in [0.4, 0.5) is 17.6 Å². The van der Waals surface area contributed by atoms with Gasteiger partial charge in [-0.2, -0.15) is 13.2 Å². The lowest BCUT2D eigenvalue weighted by atomic mass is 9.99. The Kier molecular flexibility index (Phi) is 3.52. The third-order valence-electron chi connectivity index (χ3n) is 2.14. The van der Waals surface area contributed by atoms with Crippen LogP contribution in [0.2, 0.25) is 0 Å². The van der Waals surface area contributed by atoms with Crippen molar-refractivity contribution < 1.29 is 22.7 Å². The van der Waals surface area contributed by atoms with Gasteiger partial charge in [0.25, 0.3) is 0 Å².